The fourth-order valence-electron chi connectivity index (χ4n) is 3.21. The third-order valence-electron chi connectivity index (χ3n) is 4.62. The number of ether oxygens (including phenoxy) is 2. The highest BCUT2D eigenvalue weighted by Gasteiger charge is 2.24. The van der Waals surface area contributed by atoms with Crippen LogP contribution in [-0.2, 0) is 4.79 Å². The molecule has 1 atom stereocenters. The molecule has 1 aliphatic heterocycles. The van der Waals surface area contributed by atoms with Gasteiger partial charge in [0.05, 0.1) is 20.3 Å². The third-order valence-corrected chi connectivity index (χ3v) is 4.62. The number of nitrogens with one attached hydrogen (secondary N) is 1. The van der Waals surface area contributed by atoms with E-state index in [2.05, 4.69) is 23.2 Å². The lowest BCUT2D eigenvalue weighted by atomic mass is 10.0. The minimum Gasteiger partial charge on any atom is -0.493 e. The van der Waals surface area contributed by atoms with Crippen LogP contribution in [0.4, 0.5) is 0 Å². The molecule has 1 saturated heterocycles. The van der Waals surface area contributed by atoms with Crippen LogP contribution in [0.3, 0.4) is 0 Å². The molecule has 0 radical (unpaired) electrons. The Morgan fingerprint density at radius 1 is 1.21 bits per heavy atom. The Balaban J connectivity index is 2.12. The maximum atomic E-state index is 12.0. The lowest BCUT2D eigenvalue weighted by Crippen LogP contribution is -2.36. The lowest BCUT2D eigenvalue weighted by Gasteiger charge is -2.28. The zero-order valence-electron chi connectivity index (χ0n) is 15.1. The molecular weight excluding hydrogens is 304 g/mol. The zero-order valence-corrected chi connectivity index (χ0v) is 15.1. The second-order valence-corrected chi connectivity index (χ2v) is 6.28. The molecule has 5 heteroatoms. The van der Waals surface area contributed by atoms with Gasteiger partial charge in [-0.25, -0.2) is 0 Å². The van der Waals surface area contributed by atoms with Crippen molar-refractivity contribution in [3.63, 3.8) is 0 Å². The van der Waals surface area contributed by atoms with Crippen LogP contribution in [-0.4, -0.2) is 44.7 Å². The first-order valence-corrected chi connectivity index (χ1v) is 8.92. The molecule has 5 nitrogen and oxygen atoms in total. The maximum Gasteiger partial charge on any atom is 0.220 e. The van der Waals surface area contributed by atoms with Gasteiger partial charge in [0.15, 0.2) is 11.5 Å². The largest absolute Gasteiger partial charge is 0.493 e. The molecule has 134 valence electrons. The van der Waals surface area contributed by atoms with E-state index in [4.69, 9.17) is 9.47 Å². The van der Waals surface area contributed by atoms with Gasteiger partial charge in [0, 0.05) is 13.0 Å². The van der Waals surface area contributed by atoms with Crippen LogP contribution >= 0.6 is 0 Å². The summed E-state index contributed by atoms with van der Waals surface area (Å²) in [5, 5.41) is 3.11. The first-order valence-electron chi connectivity index (χ1n) is 8.92. The predicted molar refractivity (Wildman–Crippen MR) is 95.6 cm³/mol. The van der Waals surface area contributed by atoms with Gasteiger partial charge in [-0.3, -0.25) is 9.69 Å². The van der Waals surface area contributed by atoms with Crippen molar-refractivity contribution in [1.29, 1.82) is 0 Å². The van der Waals surface area contributed by atoms with Gasteiger partial charge in [0.2, 0.25) is 5.91 Å². The monoisotopic (exact) mass is 334 g/mol. The van der Waals surface area contributed by atoms with Gasteiger partial charge in [-0.2, -0.15) is 0 Å². The van der Waals surface area contributed by atoms with Crippen LogP contribution in [0.2, 0.25) is 0 Å². The standard InChI is InChI=1S/C19H30N2O3/c1-4-5-8-19(22)20-14-16(21-11-6-7-12-21)15-9-10-17(23-2)18(13-15)24-3/h9-10,13,16H,4-8,11-12,14H2,1-3H3,(H,20,22). The molecule has 1 aliphatic rings. The summed E-state index contributed by atoms with van der Waals surface area (Å²) < 4.78 is 10.8. The molecule has 1 N–H and O–H groups in total. The number of methoxy groups -OCH3 is 2. The van der Waals surface area contributed by atoms with Crippen molar-refractivity contribution in [2.24, 2.45) is 0 Å². The Morgan fingerprint density at radius 2 is 1.92 bits per heavy atom. The van der Waals surface area contributed by atoms with Crippen LogP contribution in [0, 0.1) is 0 Å². The maximum absolute atomic E-state index is 12.0. The van der Waals surface area contributed by atoms with E-state index in [1.807, 2.05) is 12.1 Å². The minimum atomic E-state index is 0.140. The molecule has 0 saturated carbocycles. The summed E-state index contributed by atoms with van der Waals surface area (Å²) in [5.74, 6) is 1.60. The summed E-state index contributed by atoms with van der Waals surface area (Å²) in [6.45, 7) is 4.88. The number of hydrogen-bond donors (Lipinski definition) is 1. The molecule has 0 bridgehead atoms. The highest BCUT2D eigenvalue weighted by molar-refractivity contribution is 5.75. The molecule has 1 unspecified atom stereocenters. The van der Waals surface area contributed by atoms with E-state index in [1.165, 1.54) is 12.8 Å². The van der Waals surface area contributed by atoms with Gasteiger partial charge in [0.1, 0.15) is 0 Å². The molecule has 0 aromatic heterocycles. The first kappa shape index (κ1) is 18.6. The average Bonchev–Trinajstić information content (AvgIpc) is 3.14. The van der Waals surface area contributed by atoms with E-state index in [9.17, 15) is 4.79 Å². The number of rotatable bonds is 9. The lowest BCUT2D eigenvalue weighted by molar-refractivity contribution is -0.121. The topological polar surface area (TPSA) is 50.8 Å². The van der Waals surface area contributed by atoms with Gasteiger partial charge in [-0.15, -0.1) is 0 Å². The highest BCUT2D eigenvalue weighted by atomic mass is 16.5. The zero-order chi connectivity index (χ0) is 17.4. The molecular formula is C19H30N2O3. The SMILES string of the molecule is CCCCC(=O)NCC(c1ccc(OC)c(OC)c1)N1CCCC1. The molecule has 0 aliphatic carbocycles. The van der Waals surface area contributed by atoms with Gasteiger partial charge in [-0.1, -0.05) is 19.4 Å². The van der Waals surface area contributed by atoms with Gasteiger partial charge in [-0.05, 0) is 50.0 Å². The van der Waals surface area contributed by atoms with E-state index in [0.717, 1.165) is 43.0 Å². The van der Waals surface area contributed by atoms with Crippen molar-refractivity contribution in [2.45, 2.75) is 45.1 Å². The fraction of sp³-hybridized carbons (Fsp3) is 0.632. The quantitative estimate of drug-likeness (QED) is 0.754. The summed E-state index contributed by atoms with van der Waals surface area (Å²) in [6.07, 6.45) is 5.02. The highest BCUT2D eigenvalue weighted by Crippen LogP contribution is 2.33. The summed E-state index contributed by atoms with van der Waals surface area (Å²) in [7, 11) is 3.29. The van der Waals surface area contributed by atoms with E-state index in [-0.39, 0.29) is 11.9 Å². The van der Waals surface area contributed by atoms with Crippen molar-refractivity contribution in [1.82, 2.24) is 10.2 Å². The Hall–Kier alpha value is -1.75. The average molecular weight is 334 g/mol. The van der Waals surface area contributed by atoms with Crippen molar-refractivity contribution in [3.8, 4) is 11.5 Å². The Labute approximate surface area is 145 Å². The molecule has 24 heavy (non-hydrogen) atoms. The number of nitrogens with zero attached hydrogens (tertiary/aromatic N) is 1. The van der Waals surface area contributed by atoms with Crippen LogP contribution in [0.25, 0.3) is 0 Å². The second-order valence-electron chi connectivity index (χ2n) is 6.28. The summed E-state index contributed by atoms with van der Waals surface area (Å²) >= 11 is 0. The van der Waals surface area contributed by atoms with Gasteiger partial charge in [0.25, 0.3) is 0 Å². The van der Waals surface area contributed by atoms with Crippen molar-refractivity contribution in [2.75, 3.05) is 33.9 Å². The summed E-state index contributed by atoms with van der Waals surface area (Å²) in [5.41, 5.74) is 1.16. The Bertz CT molecular complexity index is 527. The number of likely N-dealkylation sites (tertiary alicyclic amines) is 1. The number of unbranched alkanes of at least 4 members (excludes halogenated alkanes) is 1. The number of carbonyl (C=O) groups is 1. The van der Waals surface area contributed by atoms with Crippen LogP contribution in [0.5, 0.6) is 11.5 Å². The van der Waals surface area contributed by atoms with E-state index in [0.29, 0.717) is 13.0 Å². The van der Waals surface area contributed by atoms with E-state index in [1.54, 1.807) is 14.2 Å². The second kappa shape index (κ2) is 9.52. The number of benzene rings is 1. The smallest absolute Gasteiger partial charge is 0.220 e. The van der Waals surface area contributed by atoms with Crippen LogP contribution < -0.4 is 14.8 Å². The molecule has 1 amide bonds. The van der Waals surface area contributed by atoms with E-state index < -0.39 is 0 Å². The van der Waals surface area contributed by atoms with Crippen molar-refractivity contribution < 1.29 is 14.3 Å². The van der Waals surface area contributed by atoms with Crippen molar-refractivity contribution >= 4 is 5.91 Å². The Morgan fingerprint density at radius 3 is 2.54 bits per heavy atom. The summed E-state index contributed by atoms with van der Waals surface area (Å²) in [6, 6.07) is 6.22. The van der Waals surface area contributed by atoms with Gasteiger partial charge >= 0.3 is 0 Å². The fourth-order valence-corrected chi connectivity index (χ4v) is 3.21. The number of carbonyl (C=O) groups excluding carboxylic acids is 1. The minimum absolute atomic E-state index is 0.140. The van der Waals surface area contributed by atoms with E-state index >= 15 is 0 Å². The van der Waals surface area contributed by atoms with Crippen molar-refractivity contribution in [3.05, 3.63) is 23.8 Å². The van der Waals surface area contributed by atoms with Crippen LogP contribution in [0.15, 0.2) is 18.2 Å². The van der Waals surface area contributed by atoms with Crippen LogP contribution in [0.1, 0.15) is 50.6 Å². The first-order chi connectivity index (χ1) is 11.7. The summed E-state index contributed by atoms with van der Waals surface area (Å²) in [4.78, 5) is 14.4. The Kier molecular flexibility index (Phi) is 7.37. The van der Waals surface area contributed by atoms with Gasteiger partial charge < -0.3 is 14.8 Å². The molecule has 1 fully saturated rings. The molecule has 2 rings (SSSR count). The molecule has 1 heterocycles. The number of hydrogen-bond acceptors (Lipinski definition) is 4. The molecule has 0 spiro atoms. The number of amides is 1. The predicted octanol–water partition coefficient (Wildman–Crippen LogP) is 3.15. The molecule has 1 aromatic carbocycles. The normalized spacial score (nSPS) is 16.0. The third kappa shape index (κ3) is 4.87. The molecule has 1 aromatic rings.